The highest BCUT2D eigenvalue weighted by atomic mass is 19.1. The van der Waals surface area contributed by atoms with Crippen LogP contribution in [0.2, 0.25) is 0 Å². The fraction of sp³-hybridized carbons (Fsp3) is 0.609. The zero-order valence-electron chi connectivity index (χ0n) is 19.9. The molecule has 0 aromatic carbocycles. The number of carboxylic acids is 1. The van der Waals surface area contributed by atoms with Gasteiger partial charge in [0.2, 0.25) is 0 Å². The van der Waals surface area contributed by atoms with Gasteiger partial charge in [0.15, 0.2) is 0 Å². The highest BCUT2D eigenvalue weighted by Crippen LogP contribution is 2.30. The molecule has 2 aromatic rings. The van der Waals surface area contributed by atoms with E-state index in [1.165, 1.54) is 9.58 Å². The van der Waals surface area contributed by atoms with Gasteiger partial charge in [0.1, 0.15) is 23.7 Å². The number of halogens is 1. The van der Waals surface area contributed by atoms with E-state index in [0.717, 1.165) is 12.8 Å². The predicted octanol–water partition coefficient (Wildman–Crippen LogP) is 3.53. The maximum absolute atomic E-state index is 12.3. The topological polar surface area (TPSA) is 120 Å². The normalized spacial score (nSPS) is 17.9. The second-order valence-electron chi connectivity index (χ2n) is 8.60. The molecule has 11 heteroatoms. The second kappa shape index (κ2) is 11.8. The van der Waals surface area contributed by atoms with Gasteiger partial charge in [-0.2, -0.15) is 0 Å². The lowest BCUT2D eigenvalue weighted by Crippen LogP contribution is -2.29. The number of aryl methyl sites for hydroxylation is 2. The minimum absolute atomic E-state index is 0.0389. The predicted molar refractivity (Wildman–Crippen MR) is 121 cm³/mol. The number of hydrogen-bond donors (Lipinski definition) is 1. The summed E-state index contributed by atoms with van der Waals surface area (Å²) in [4.78, 5) is 29.6. The standard InChI is InChI=1S/C23H32FN5O5/c1-15-20(34-17-8-6-7-16(13-17)22(30)31)10-9-18(25-15)21-19(29(3)27-26-21)14-33-23(32)28(2)12-5-4-11-24/h9-10,16-17H,4-8,11-14H2,1-3H3,(H,30,31)/t16-,17+/m1/s1. The van der Waals surface area contributed by atoms with Gasteiger partial charge < -0.3 is 19.5 Å². The molecule has 3 rings (SSSR count). The third-order valence-corrected chi connectivity index (χ3v) is 6.01. The maximum atomic E-state index is 12.3. The molecule has 0 unspecified atom stereocenters. The van der Waals surface area contributed by atoms with Crippen LogP contribution in [0.3, 0.4) is 0 Å². The Hall–Kier alpha value is -3.24. The first-order valence-corrected chi connectivity index (χ1v) is 11.5. The number of carbonyl (C=O) groups excluding carboxylic acids is 1. The number of aromatic nitrogens is 4. The van der Waals surface area contributed by atoms with Crippen molar-refractivity contribution in [3.05, 3.63) is 23.5 Å². The Kier molecular flexibility index (Phi) is 8.78. The third-order valence-electron chi connectivity index (χ3n) is 6.01. The van der Waals surface area contributed by atoms with Gasteiger partial charge in [-0.3, -0.25) is 9.18 Å². The molecule has 1 fully saturated rings. The fourth-order valence-corrected chi connectivity index (χ4v) is 3.97. The van der Waals surface area contributed by atoms with Crippen molar-refractivity contribution in [2.45, 2.75) is 58.2 Å². The Balaban J connectivity index is 1.66. The van der Waals surface area contributed by atoms with Crippen LogP contribution in [0.4, 0.5) is 9.18 Å². The smallest absolute Gasteiger partial charge is 0.409 e. The Morgan fingerprint density at radius 2 is 2.09 bits per heavy atom. The van der Waals surface area contributed by atoms with Crippen molar-refractivity contribution in [3.8, 4) is 17.1 Å². The van der Waals surface area contributed by atoms with Gasteiger partial charge in [-0.05, 0) is 57.6 Å². The zero-order valence-corrected chi connectivity index (χ0v) is 19.9. The molecule has 0 radical (unpaired) electrons. The van der Waals surface area contributed by atoms with Gasteiger partial charge in [0.05, 0.1) is 30.1 Å². The van der Waals surface area contributed by atoms with Gasteiger partial charge in [-0.25, -0.2) is 14.5 Å². The third kappa shape index (κ3) is 6.42. The van der Waals surface area contributed by atoms with Crippen LogP contribution in [0, 0.1) is 12.8 Å². The number of unbranched alkanes of at least 4 members (excludes halogenated alkanes) is 1. The monoisotopic (exact) mass is 477 g/mol. The Morgan fingerprint density at radius 1 is 1.29 bits per heavy atom. The number of nitrogens with zero attached hydrogens (tertiary/aromatic N) is 5. The lowest BCUT2D eigenvalue weighted by Gasteiger charge is -2.27. The van der Waals surface area contributed by atoms with Crippen LogP contribution in [0.15, 0.2) is 12.1 Å². The zero-order chi connectivity index (χ0) is 24.7. The Labute approximate surface area is 198 Å². The summed E-state index contributed by atoms with van der Waals surface area (Å²) in [6.45, 7) is 1.78. The van der Waals surface area contributed by atoms with Crippen LogP contribution in [-0.4, -0.2) is 68.4 Å². The SMILES string of the molecule is Cc1nc(-c2nnn(C)c2COC(=O)N(C)CCCCF)ccc1O[C@H]1CCC[C@@H](C(=O)O)C1. The van der Waals surface area contributed by atoms with Crippen LogP contribution >= 0.6 is 0 Å². The molecule has 186 valence electrons. The minimum Gasteiger partial charge on any atom is -0.489 e. The molecule has 0 saturated heterocycles. The lowest BCUT2D eigenvalue weighted by atomic mass is 9.87. The molecular formula is C23H32FN5O5. The first kappa shape index (κ1) is 25.4. The van der Waals surface area contributed by atoms with E-state index in [1.807, 2.05) is 6.92 Å². The van der Waals surface area contributed by atoms with Crippen LogP contribution in [-0.2, 0) is 23.2 Å². The van der Waals surface area contributed by atoms with Crippen LogP contribution in [0.5, 0.6) is 5.75 Å². The first-order valence-electron chi connectivity index (χ1n) is 11.5. The van der Waals surface area contributed by atoms with E-state index in [9.17, 15) is 19.1 Å². The number of amides is 1. The largest absolute Gasteiger partial charge is 0.489 e. The average Bonchev–Trinajstić information content (AvgIpc) is 3.19. The summed E-state index contributed by atoms with van der Waals surface area (Å²) in [5.41, 5.74) is 2.29. The summed E-state index contributed by atoms with van der Waals surface area (Å²) in [5, 5.41) is 17.5. The second-order valence-corrected chi connectivity index (χ2v) is 8.60. The molecular weight excluding hydrogens is 445 g/mol. The van der Waals surface area contributed by atoms with E-state index < -0.39 is 18.7 Å². The lowest BCUT2D eigenvalue weighted by molar-refractivity contribution is -0.143. The molecule has 1 N–H and O–H groups in total. The summed E-state index contributed by atoms with van der Waals surface area (Å²) < 4.78 is 25.3. The number of carbonyl (C=O) groups is 2. The van der Waals surface area contributed by atoms with E-state index in [0.29, 0.717) is 60.8 Å². The summed E-state index contributed by atoms with van der Waals surface area (Å²) >= 11 is 0. The first-order chi connectivity index (χ1) is 16.3. The number of alkyl halides is 1. The summed E-state index contributed by atoms with van der Waals surface area (Å²) in [6.07, 6.45) is 3.10. The van der Waals surface area contributed by atoms with Gasteiger partial charge in [0.25, 0.3) is 0 Å². The van der Waals surface area contributed by atoms with Crippen LogP contribution in [0.1, 0.15) is 49.9 Å². The molecule has 1 aliphatic carbocycles. The Morgan fingerprint density at radius 3 is 2.79 bits per heavy atom. The van der Waals surface area contributed by atoms with E-state index in [4.69, 9.17) is 9.47 Å². The molecule has 2 aromatic heterocycles. The van der Waals surface area contributed by atoms with Crippen molar-refractivity contribution >= 4 is 12.1 Å². The Bertz CT molecular complexity index is 998. The average molecular weight is 478 g/mol. The number of ether oxygens (including phenoxy) is 2. The number of hydrogen-bond acceptors (Lipinski definition) is 7. The summed E-state index contributed by atoms with van der Waals surface area (Å²) in [7, 11) is 3.31. The molecule has 2 atom stereocenters. The van der Waals surface area contributed by atoms with Crippen molar-refractivity contribution in [1.82, 2.24) is 24.9 Å². The molecule has 1 aliphatic rings. The van der Waals surface area contributed by atoms with Gasteiger partial charge in [-0.15, -0.1) is 5.10 Å². The molecule has 1 amide bonds. The number of rotatable bonds is 10. The van der Waals surface area contributed by atoms with Crippen molar-refractivity contribution in [2.24, 2.45) is 13.0 Å². The van der Waals surface area contributed by atoms with Gasteiger partial charge in [0, 0.05) is 20.6 Å². The van der Waals surface area contributed by atoms with Crippen molar-refractivity contribution in [1.29, 1.82) is 0 Å². The summed E-state index contributed by atoms with van der Waals surface area (Å²) in [6, 6.07) is 3.56. The van der Waals surface area contributed by atoms with Crippen LogP contribution < -0.4 is 4.74 Å². The number of aliphatic carboxylic acids is 1. The molecule has 0 aliphatic heterocycles. The van der Waals surface area contributed by atoms with Crippen molar-refractivity contribution in [3.63, 3.8) is 0 Å². The summed E-state index contributed by atoms with van der Waals surface area (Å²) in [5.74, 6) is -0.550. The molecule has 1 saturated carbocycles. The van der Waals surface area contributed by atoms with E-state index in [-0.39, 0.29) is 18.6 Å². The highest BCUT2D eigenvalue weighted by Gasteiger charge is 2.28. The van der Waals surface area contributed by atoms with Crippen molar-refractivity contribution in [2.75, 3.05) is 20.3 Å². The quantitative estimate of drug-likeness (QED) is 0.516. The van der Waals surface area contributed by atoms with Crippen LogP contribution in [0.25, 0.3) is 11.4 Å². The number of carboxylic acid groups (broad SMARTS) is 1. The van der Waals surface area contributed by atoms with E-state index in [1.54, 1.807) is 26.2 Å². The number of pyridine rings is 1. The molecule has 0 spiro atoms. The molecule has 2 heterocycles. The molecule has 34 heavy (non-hydrogen) atoms. The maximum Gasteiger partial charge on any atom is 0.409 e. The van der Waals surface area contributed by atoms with E-state index in [2.05, 4.69) is 15.3 Å². The molecule has 10 nitrogen and oxygen atoms in total. The minimum atomic E-state index is -0.777. The van der Waals surface area contributed by atoms with Gasteiger partial charge in [-0.1, -0.05) is 5.21 Å². The fourth-order valence-electron chi connectivity index (χ4n) is 3.97. The van der Waals surface area contributed by atoms with Gasteiger partial charge >= 0.3 is 12.1 Å². The molecule has 0 bridgehead atoms. The van der Waals surface area contributed by atoms with Crippen molar-refractivity contribution < 1.29 is 28.6 Å². The highest BCUT2D eigenvalue weighted by molar-refractivity contribution is 5.70. The van der Waals surface area contributed by atoms with E-state index >= 15 is 0 Å².